The van der Waals surface area contributed by atoms with Crippen molar-refractivity contribution in [3.8, 4) is 17.2 Å². The molecule has 4 rings (SSSR count). The summed E-state index contributed by atoms with van der Waals surface area (Å²) in [7, 11) is 4.58. The summed E-state index contributed by atoms with van der Waals surface area (Å²) >= 11 is 0. The van der Waals surface area contributed by atoms with E-state index in [-0.39, 0.29) is 11.3 Å². The molecule has 2 aromatic rings. The lowest BCUT2D eigenvalue weighted by Gasteiger charge is -2.31. The summed E-state index contributed by atoms with van der Waals surface area (Å²) in [6.45, 7) is 3.68. The van der Waals surface area contributed by atoms with Gasteiger partial charge >= 0.3 is 0 Å². The number of rotatable bonds is 8. The third-order valence-electron chi connectivity index (χ3n) is 6.37. The van der Waals surface area contributed by atoms with Crippen LogP contribution in [0.1, 0.15) is 17.2 Å². The summed E-state index contributed by atoms with van der Waals surface area (Å²) in [5.41, 5.74) is 1.05. The molecule has 2 aliphatic rings. The number of Topliss-reactive ketones (excluding diaryl/α,β-unsaturated/α-hetero) is 1. The third kappa shape index (κ3) is 4.96. The second-order valence-electron chi connectivity index (χ2n) is 8.29. The minimum Gasteiger partial charge on any atom is -0.507 e. The number of ketones is 1. The molecule has 9 nitrogen and oxygen atoms in total. The zero-order valence-corrected chi connectivity index (χ0v) is 20.2. The first-order valence-electron chi connectivity index (χ1n) is 11.4. The van der Waals surface area contributed by atoms with Crippen LogP contribution in [0.25, 0.3) is 5.76 Å². The van der Waals surface area contributed by atoms with Gasteiger partial charge in [0.15, 0.2) is 11.5 Å². The molecule has 2 saturated heterocycles. The molecule has 0 aromatic heterocycles. The molecule has 0 aliphatic carbocycles. The van der Waals surface area contributed by atoms with Crippen LogP contribution < -0.4 is 14.2 Å². The van der Waals surface area contributed by atoms with Crippen molar-refractivity contribution in [1.82, 2.24) is 9.80 Å². The van der Waals surface area contributed by atoms with E-state index in [2.05, 4.69) is 4.90 Å². The molecular weight excluding hydrogens is 452 g/mol. The van der Waals surface area contributed by atoms with Crippen molar-refractivity contribution >= 4 is 17.4 Å². The minimum absolute atomic E-state index is 0.0254. The Bertz CT molecular complexity index is 1120. The van der Waals surface area contributed by atoms with Gasteiger partial charge in [-0.2, -0.15) is 0 Å². The number of morpholine rings is 1. The highest BCUT2D eigenvalue weighted by Crippen LogP contribution is 2.42. The second-order valence-corrected chi connectivity index (χ2v) is 8.29. The minimum atomic E-state index is -0.790. The summed E-state index contributed by atoms with van der Waals surface area (Å²) in [4.78, 5) is 30.2. The summed E-state index contributed by atoms with van der Waals surface area (Å²) in [5, 5.41) is 11.3. The normalized spacial score (nSPS) is 20.2. The monoisotopic (exact) mass is 482 g/mol. The van der Waals surface area contributed by atoms with Crippen LogP contribution in [0, 0.1) is 0 Å². The van der Waals surface area contributed by atoms with Gasteiger partial charge in [-0.15, -0.1) is 0 Å². The van der Waals surface area contributed by atoms with Gasteiger partial charge < -0.3 is 29.0 Å². The van der Waals surface area contributed by atoms with E-state index in [4.69, 9.17) is 18.9 Å². The van der Waals surface area contributed by atoms with Crippen LogP contribution in [0.2, 0.25) is 0 Å². The van der Waals surface area contributed by atoms with Crippen molar-refractivity contribution in [2.45, 2.75) is 6.04 Å². The van der Waals surface area contributed by atoms with E-state index in [1.165, 1.54) is 26.2 Å². The van der Waals surface area contributed by atoms with E-state index in [1.54, 1.807) is 42.5 Å². The first-order valence-corrected chi connectivity index (χ1v) is 11.4. The highest BCUT2D eigenvalue weighted by molar-refractivity contribution is 6.46. The smallest absolute Gasteiger partial charge is 0.295 e. The molecule has 1 atom stereocenters. The highest BCUT2D eigenvalue weighted by atomic mass is 16.5. The molecule has 2 heterocycles. The van der Waals surface area contributed by atoms with Crippen LogP contribution in [0.4, 0.5) is 0 Å². The van der Waals surface area contributed by atoms with Gasteiger partial charge in [-0.1, -0.05) is 18.2 Å². The van der Waals surface area contributed by atoms with E-state index < -0.39 is 17.7 Å². The number of likely N-dealkylation sites (tertiary alicyclic amines) is 1. The molecule has 1 amide bonds. The van der Waals surface area contributed by atoms with Gasteiger partial charge in [-0.05, 0) is 29.8 Å². The number of carbonyl (C=O) groups is 2. The number of aliphatic hydroxyl groups is 1. The van der Waals surface area contributed by atoms with E-state index in [0.29, 0.717) is 54.7 Å². The van der Waals surface area contributed by atoms with Crippen molar-refractivity contribution in [3.05, 3.63) is 59.2 Å². The van der Waals surface area contributed by atoms with E-state index >= 15 is 0 Å². The Balaban J connectivity index is 1.79. The standard InChI is InChI=1S/C26H30N2O7/c1-32-19-6-4-5-18(15-19)24(29)22-23(17-7-8-20(33-2)21(16-17)34-3)28(26(31)25(22)30)10-9-27-11-13-35-14-12-27/h4-8,15-16,23,29H,9-14H2,1-3H3/b24-22+. The van der Waals surface area contributed by atoms with Crippen LogP contribution in [0.3, 0.4) is 0 Å². The third-order valence-corrected chi connectivity index (χ3v) is 6.37. The highest BCUT2D eigenvalue weighted by Gasteiger charge is 2.46. The van der Waals surface area contributed by atoms with Crippen molar-refractivity contribution in [2.24, 2.45) is 0 Å². The van der Waals surface area contributed by atoms with E-state index in [9.17, 15) is 14.7 Å². The van der Waals surface area contributed by atoms with E-state index in [1.807, 2.05) is 0 Å². The largest absolute Gasteiger partial charge is 0.507 e. The zero-order chi connectivity index (χ0) is 24.9. The van der Waals surface area contributed by atoms with Crippen LogP contribution in [-0.4, -0.2) is 87.3 Å². The molecule has 1 unspecified atom stereocenters. The van der Waals surface area contributed by atoms with Crippen molar-refractivity contribution in [1.29, 1.82) is 0 Å². The lowest BCUT2D eigenvalue weighted by Crippen LogP contribution is -2.42. The Morgan fingerprint density at radius 1 is 0.971 bits per heavy atom. The number of nitrogens with zero attached hydrogens (tertiary/aromatic N) is 2. The molecule has 9 heteroatoms. The van der Waals surface area contributed by atoms with Crippen LogP contribution in [0.5, 0.6) is 17.2 Å². The molecule has 2 fully saturated rings. The Hall–Kier alpha value is -3.56. The number of methoxy groups -OCH3 is 3. The lowest BCUT2D eigenvalue weighted by molar-refractivity contribution is -0.140. The van der Waals surface area contributed by atoms with Gasteiger partial charge in [0, 0.05) is 31.7 Å². The number of benzene rings is 2. The van der Waals surface area contributed by atoms with Crippen molar-refractivity contribution in [2.75, 3.05) is 60.7 Å². The first-order chi connectivity index (χ1) is 17.0. The van der Waals surface area contributed by atoms with Crippen LogP contribution in [-0.2, 0) is 14.3 Å². The summed E-state index contributed by atoms with van der Waals surface area (Å²) in [6, 6.07) is 11.2. The van der Waals surface area contributed by atoms with Crippen LogP contribution >= 0.6 is 0 Å². The first kappa shape index (κ1) is 24.6. The number of carbonyl (C=O) groups excluding carboxylic acids is 2. The fourth-order valence-electron chi connectivity index (χ4n) is 4.48. The molecular formula is C26H30N2O7. The topological polar surface area (TPSA) is 97.8 Å². The molecule has 0 bridgehead atoms. The molecule has 0 radical (unpaired) electrons. The number of hydrogen-bond donors (Lipinski definition) is 1. The van der Waals surface area contributed by atoms with Gasteiger partial charge in [0.2, 0.25) is 0 Å². The maximum absolute atomic E-state index is 13.3. The number of aliphatic hydroxyl groups excluding tert-OH is 1. The molecule has 186 valence electrons. The number of amides is 1. The average molecular weight is 483 g/mol. The quantitative estimate of drug-likeness (QED) is 0.348. The second kappa shape index (κ2) is 10.8. The molecule has 1 N–H and O–H groups in total. The molecule has 2 aromatic carbocycles. The Morgan fingerprint density at radius 2 is 1.71 bits per heavy atom. The predicted molar refractivity (Wildman–Crippen MR) is 129 cm³/mol. The summed E-state index contributed by atoms with van der Waals surface area (Å²) < 4.78 is 21.5. The molecule has 0 saturated carbocycles. The molecule has 2 aliphatic heterocycles. The molecule has 35 heavy (non-hydrogen) atoms. The van der Waals surface area contributed by atoms with Gasteiger partial charge in [0.25, 0.3) is 11.7 Å². The Kier molecular flexibility index (Phi) is 7.57. The van der Waals surface area contributed by atoms with Gasteiger partial charge in [0.1, 0.15) is 11.5 Å². The SMILES string of the molecule is COc1cccc(/C(O)=C2\C(=O)C(=O)N(CCN3CCOCC3)C2c2ccc(OC)c(OC)c2)c1. The summed E-state index contributed by atoms with van der Waals surface area (Å²) in [5.74, 6) is -0.122. The van der Waals surface area contributed by atoms with E-state index in [0.717, 1.165) is 13.1 Å². The number of hydrogen-bond acceptors (Lipinski definition) is 8. The van der Waals surface area contributed by atoms with Crippen molar-refractivity contribution in [3.63, 3.8) is 0 Å². The Morgan fingerprint density at radius 3 is 2.40 bits per heavy atom. The van der Waals surface area contributed by atoms with Gasteiger partial charge in [-0.25, -0.2) is 0 Å². The lowest BCUT2D eigenvalue weighted by atomic mass is 9.95. The maximum atomic E-state index is 13.3. The Labute approximate surface area is 204 Å². The fraction of sp³-hybridized carbons (Fsp3) is 0.385. The molecule has 0 spiro atoms. The summed E-state index contributed by atoms with van der Waals surface area (Å²) in [6.07, 6.45) is 0. The zero-order valence-electron chi connectivity index (χ0n) is 20.2. The van der Waals surface area contributed by atoms with Gasteiger partial charge in [-0.3, -0.25) is 14.5 Å². The van der Waals surface area contributed by atoms with Gasteiger partial charge in [0.05, 0.1) is 46.2 Å². The fourth-order valence-corrected chi connectivity index (χ4v) is 4.48. The van der Waals surface area contributed by atoms with Crippen molar-refractivity contribution < 1.29 is 33.6 Å². The predicted octanol–water partition coefficient (Wildman–Crippen LogP) is 2.47. The number of ether oxygens (including phenoxy) is 4. The van der Waals surface area contributed by atoms with Crippen LogP contribution in [0.15, 0.2) is 48.0 Å². The maximum Gasteiger partial charge on any atom is 0.295 e. The average Bonchev–Trinajstić information content (AvgIpc) is 3.16.